The van der Waals surface area contributed by atoms with Gasteiger partial charge in [-0.1, -0.05) is 45.4 Å². The van der Waals surface area contributed by atoms with E-state index in [-0.39, 0.29) is 16.3 Å². The molecular formula is C14H21ClFN. The van der Waals surface area contributed by atoms with Crippen LogP contribution in [-0.2, 0) is 6.42 Å². The van der Waals surface area contributed by atoms with E-state index in [4.69, 9.17) is 11.6 Å². The molecule has 0 saturated carbocycles. The van der Waals surface area contributed by atoms with E-state index in [1.165, 1.54) is 6.07 Å². The van der Waals surface area contributed by atoms with Crippen molar-refractivity contribution in [3.05, 3.63) is 34.6 Å². The highest BCUT2D eigenvalue weighted by molar-refractivity contribution is 6.30. The molecule has 17 heavy (non-hydrogen) atoms. The van der Waals surface area contributed by atoms with Gasteiger partial charge >= 0.3 is 0 Å². The first-order chi connectivity index (χ1) is 7.80. The van der Waals surface area contributed by atoms with Crippen molar-refractivity contribution in [2.75, 3.05) is 6.54 Å². The summed E-state index contributed by atoms with van der Waals surface area (Å²) < 4.78 is 13.3. The lowest BCUT2D eigenvalue weighted by Crippen LogP contribution is -2.35. The lowest BCUT2D eigenvalue weighted by atomic mass is 9.85. The quantitative estimate of drug-likeness (QED) is 0.839. The summed E-state index contributed by atoms with van der Waals surface area (Å²) in [5.41, 5.74) is 1.09. The first-order valence-corrected chi connectivity index (χ1v) is 6.35. The van der Waals surface area contributed by atoms with Crippen LogP contribution in [0.25, 0.3) is 0 Å². The van der Waals surface area contributed by atoms with Crippen molar-refractivity contribution in [3.8, 4) is 0 Å². The Kier molecular flexibility index (Phi) is 4.96. The van der Waals surface area contributed by atoms with Crippen LogP contribution in [0.5, 0.6) is 0 Å². The monoisotopic (exact) mass is 257 g/mol. The minimum atomic E-state index is -0.336. The van der Waals surface area contributed by atoms with E-state index in [0.717, 1.165) is 18.5 Å². The maximum Gasteiger partial charge on any atom is 0.142 e. The molecule has 1 nitrogen and oxygen atoms in total. The molecular weight excluding hydrogens is 237 g/mol. The van der Waals surface area contributed by atoms with Crippen LogP contribution < -0.4 is 5.32 Å². The predicted octanol–water partition coefficient (Wildman–Crippen LogP) is 4.05. The maximum absolute atomic E-state index is 13.3. The van der Waals surface area contributed by atoms with Crippen LogP contribution in [0.4, 0.5) is 4.39 Å². The molecule has 0 aliphatic carbocycles. The molecule has 1 N–H and O–H groups in total. The molecule has 0 heterocycles. The van der Waals surface area contributed by atoms with E-state index in [9.17, 15) is 4.39 Å². The van der Waals surface area contributed by atoms with Gasteiger partial charge in [0.2, 0.25) is 0 Å². The zero-order valence-corrected chi connectivity index (χ0v) is 11.7. The van der Waals surface area contributed by atoms with Gasteiger partial charge in [-0.2, -0.15) is 0 Å². The van der Waals surface area contributed by atoms with Gasteiger partial charge in [-0.15, -0.1) is 0 Å². The molecule has 96 valence electrons. The molecule has 0 aliphatic heterocycles. The number of rotatable bonds is 5. The number of nitrogens with one attached hydrogen (secondary N) is 1. The second kappa shape index (κ2) is 5.83. The molecule has 3 heteroatoms. The summed E-state index contributed by atoms with van der Waals surface area (Å²) in [4.78, 5) is 0. The third-order valence-corrected chi connectivity index (χ3v) is 2.96. The molecule has 1 aromatic carbocycles. The Balaban J connectivity index is 2.65. The fourth-order valence-electron chi connectivity index (χ4n) is 1.75. The van der Waals surface area contributed by atoms with Gasteiger partial charge in [-0.05, 0) is 29.5 Å². The van der Waals surface area contributed by atoms with Gasteiger partial charge in [-0.25, -0.2) is 4.39 Å². The second-order valence-electron chi connectivity index (χ2n) is 5.63. The van der Waals surface area contributed by atoms with Crippen LogP contribution in [0.2, 0.25) is 5.02 Å². The zero-order valence-electron chi connectivity index (χ0n) is 11.0. The summed E-state index contributed by atoms with van der Waals surface area (Å²) in [6.45, 7) is 9.51. The third-order valence-electron chi connectivity index (χ3n) is 2.66. The number of hydrogen-bond donors (Lipinski definition) is 1. The molecule has 0 spiro atoms. The summed E-state index contributed by atoms with van der Waals surface area (Å²) >= 11 is 5.67. The lowest BCUT2D eigenvalue weighted by Gasteiger charge is -2.26. The number of halogens is 2. The Morgan fingerprint density at radius 2 is 2.00 bits per heavy atom. The van der Waals surface area contributed by atoms with Gasteiger partial charge in [0, 0.05) is 12.6 Å². The van der Waals surface area contributed by atoms with Crippen LogP contribution in [0.3, 0.4) is 0 Å². The SMILES string of the molecule is CC(C)NCC(C)(C)Cc1ccc(Cl)c(F)c1. The summed E-state index contributed by atoms with van der Waals surface area (Å²) in [6, 6.07) is 5.51. The van der Waals surface area contributed by atoms with E-state index >= 15 is 0 Å². The minimum Gasteiger partial charge on any atom is -0.314 e. The van der Waals surface area contributed by atoms with Crippen molar-refractivity contribution in [1.82, 2.24) is 5.32 Å². The summed E-state index contributed by atoms with van der Waals surface area (Å²) in [5.74, 6) is -0.336. The molecule has 0 radical (unpaired) electrons. The van der Waals surface area contributed by atoms with Crippen molar-refractivity contribution in [2.45, 2.75) is 40.2 Å². The van der Waals surface area contributed by atoms with Gasteiger partial charge in [0.1, 0.15) is 5.82 Å². The van der Waals surface area contributed by atoms with E-state index in [0.29, 0.717) is 6.04 Å². The highest BCUT2D eigenvalue weighted by atomic mass is 35.5. The normalized spacial score (nSPS) is 12.2. The Morgan fingerprint density at radius 3 is 2.53 bits per heavy atom. The van der Waals surface area contributed by atoms with Crippen molar-refractivity contribution < 1.29 is 4.39 Å². The molecule has 1 rings (SSSR count). The highest BCUT2D eigenvalue weighted by Crippen LogP contribution is 2.23. The van der Waals surface area contributed by atoms with Crippen molar-refractivity contribution in [3.63, 3.8) is 0 Å². The van der Waals surface area contributed by atoms with Crippen LogP contribution in [0.1, 0.15) is 33.3 Å². The molecule has 0 amide bonds. The van der Waals surface area contributed by atoms with E-state index in [2.05, 4.69) is 33.0 Å². The van der Waals surface area contributed by atoms with Gasteiger partial charge in [-0.3, -0.25) is 0 Å². The maximum atomic E-state index is 13.3. The molecule has 0 atom stereocenters. The summed E-state index contributed by atoms with van der Waals surface area (Å²) in [6.07, 6.45) is 0.834. The molecule has 0 aromatic heterocycles. The van der Waals surface area contributed by atoms with Crippen molar-refractivity contribution >= 4 is 11.6 Å². The number of hydrogen-bond acceptors (Lipinski definition) is 1. The van der Waals surface area contributed by atoms with Gasteiger partial charge in [0.25, 0.3) is 0 Å². The Labute approximate surface area is 108 Å². The summed E-state index contributed by atoms with van der Waals surface area (Å²) in [7, 11) is 0. The Bertz CT molecular complexity index is 374. The van der Waals surface area contributed by atoms with E-state index in [1.54, 1.807) is 6.07 Å². The molecule has 0 unspecified atom stereocenters. The lowest BCUT2D eigenvalue weighted by molar-refractivity contribution is 0.325. The highest BCUT2D eigenvalue weighted by Gasteiger charge is 2.19. The van der Waals surface area contributed by atoms with Crippen molar-refractivity contribution in [1.29, 1.82) is 0 Å². The smallest absolute Gasteiger partial charge is 0.142 e. The minimum absolute atomic E-state index is 0.102. The van der Waals surface area contributed by atoms with E-state index < -0.39 is 0 Å². The van der Waals surface area contributed by atoms with Crippen LogP contribution in [0.15, 0.2) is 18.2 Å². The standard InChI is InChI=1S/C14H21ClFN/c1-10(2)17-9-14(3,4)8-11-5-6-12(15)13(16)7-11/h5-7,10,17H,8-9H2,1-4H3. The fraction of sp³-hybridized carbons (Fsp3) is 0.571. The number of benzene rings is 1. The first-order valence-electron chi connectivity index (χ1n) is 5.97. The van der Waals surface area contributed by atoms with Gasteiger partial charge < -0.3 is 5.32 Å². The molecule has 0 fully saturated rings. The molecule has 0 bridgehead atoms. The summed E-state index contributed by atoms with van der Waals surface area (Å²) in [5, 5.41) is 3.60. The van der Waals surface area contributed by atoms with Crippen LogP contribution in [-0.4, -0.2) is 12.6 Å². The predicted molar refractivity (Wildman–Crippen MR) is 72.0 cm³/mol. The largest absolute Gasteiger partial charge is 0.314 e. The van der Waals surface area contributed by atoms with Gasteiger partial charge in [0.05, 0.1) is 5.02 Å². The second-order valence-corrected chi connectivity index (χ2v) is 6.03. The average molecular weight is 258 g/mol. The Hall–Kier alpha value is -0.600. The Morgan fingerprint density at radius 1 is 1.35 bits per heavy atom. The molecule has 0 saturated heterocycles. The average Bonchev–Trinajstić information content (AvgIpc) is 2.21. The van der Waals surface area contributed by atoms with Crippen LogP contribution >= 0.6 is 11.6 Å². The molecule has 0 aliphatic rings. The van der Waals surface area contributed by atoms with Gasteiger partial charge in [0.15, 0.2) is 0 Å². The fourth-order valence-corrected chi connectivity index (χ4v) is 1.86. The third kappa shape index (κ3) is 5.05. The molecule has 1 aromatic rings. The zero-order chi connectivity index (χ0) is 13.1. The topological polar surface area (TPSA) is 12.0 Å². The first kappa shape index (κ1) is 14.5. The van der Waals surface area contributed by atoms with E-state index in [1.807, 2.05) is 6.07 Å². The van der Waals surface area contributed by atoms with Crippen molar-refractivity contribution in [2.24, 2.45) is 5.41 Å². The van der Waals surface area contributed by atoms with Crippen LogP contribution in [0, 0.1) is 11.2 Å².